The molecule has 5 rings (SSSR count). The van der Waals surface area contributed by atoms with Crippen LogP contribution in [0, 0.1) is 17.2 Å². The van der Waals surface area contributed by atoms with Crippen LogP contribution in [-0.4, -0.2) is 42.4 Å². The molecule has 2 aliphatic rings. The fourth-order valence-electron chi connectivity index (χ4n) is 4.67. The molecule has 1 fully saturated rings. The van der Waals surface area contributed by atoms with Gasteiger partial charge in [0.2, 0.25) is 0 Å². The summed E-state index contributed by atoms with van der Waals surface area (Å²) in [5, 5.41) is 15.7. The van der Waals surface area contributed by atoms with Crippen LogP contribution < -0.4 is 9.75 Å². The molecule has 8 nitrogen and oxygen atoms in total. The maximum Gasteiger partial charge on any atom is 0.417 e. The maximum absolute atomic E-state index is 14.1. The van der Waals surface area contributed by atoms with E-state index in [1.807, 2.05) is 61.5 Å². The number of hydrazone groups is 1. The third-order valence-corrected chi connectivity index (χ3v) is 6.58. The van der Waals surface area contributed by atoms with Crippen LogP contribution in [0.1, 0.15) is 29.7 Å². The Bertz CT molecular complexity index is 1350. The lowest BCUT2D eigenvalue weighted by molar-refractivity contribution is -0.131. The van der Waals surface area contributed by atoms with Crippen molar-refractivity contribution in [2.45, 2.75) is 19.0 Å². The van der Waals surface area contributed by atoms with Gasteiger partial charge in [-0.3, -0.25) is 9.80 Å². The van der Waals surface area contributed by atoms with Crippen molar-refractivity contribution in [3.8, 4) is 11.8 Å². The fourth-order valence-corrected chi connectivity index (χ4v) is 4.67. The Labute approximate surface area is 209 Å². The minimum absolute atomic E-state index is 0.0988. The zero-order valence-corrected chi connectivity index (χ0v) is 19.9. The average Bonchev–Trinajstić information content (AvgIpc) is 3.49. The first-order valence-electron chi connectivity index (χ1n) is 11.6. The molecule has 0 aromatic heterocycles. The summed E-state index contributed by atoms with van der Waals surface area (Å²) < 4.78 is 10.6. The highest BCUT2D eigenvalue weighted by molar-refractivity contribution is 6.10. The lowest BCUT2D eigenvalue weighted by Gasteiger charge is -2.30. The van der Waals surface area contributed by atoms with Gasteiger partial charge in [0.05, 0.1) is 30.1 Å². The number of nitrogens with zero attached hydrogens (tertiary/aromatic N) is 4. The predicted molar refractivity (Wildman–Crippen MR) is 133 cm³/mol. The minimum Gasteiger partial charge on any atom is -0.497 e. The first-order valence-corrected chi connectivity index (χ1v) is 11.6. The Morgan fingerprint density at radius 1 is 1.06 bits per heavy atom. The van der Waals surface area contributed by atoms with Crippen molar-refractivity contribution in [3.63, 3.8) is 0 Å². The van der Waals surface area contributed by atoms with E-state index in [1.165, 1.54) is 4.90 Å². The Balaban J connectivity index is 1.54. The van der Waals surface area contributed by atoms with Crippen LogP contribution in [0.25, 0.3) is 0 Å². The van der Waals surface area contributed by atoms with Gasteiger partial charge < -0.3 is 9.47 Å². The number of carbonyl (C=O) groups excluding carboxylic acids is 2. The molecule has 180 valence electrons. The van der Waals surface area contributed by atoms with E-state index in [4.69, 9.17) is 19.8 Å². The number of imide groups is 1. The van der Waals surface area contributed by atoms with Crippen molar-refractivity contribution in [2.24, 2.45) is 11.0 Å². The number of benzene rings is 3. The van der Waals surface area contributed by atoms with Crippen LogP contribution in [0.5, 0.6) is 5.75 Å². The molecule has 0 radical (unpaired) electrons. The summed E-state index contributed by atoms with van der Waals surface area (Å²) in [6, 6.07) is 24.6. The number of amides is 2. The number of nitriles is 1. The number of hydrogen-bond donors (Lipinski definition) is 0. The van der Waals surface area contributed by atoms with E-state index in [0.29, 0.717) is 22.7 Å². The van der Waals surface area contributed by atoms with Crippen LogP contribution >= 0.6 is 0 Å². The smallest absolute Gasteiger partial charge is 0.417 e. The molecule has 36 heavy (non-hydrogen) atoms. The molecule has 8 heteroatoms. The molecule has 0 spiro atoms. The Kier molecular flexibility index (Phi) is 6.13. The van der Waals surface area contributed by atoms with E-state index in [2.05, 4.69) is 6.07 Å². The van der Waals surface area contributed by atoms with Gasteiger partial charge in [-0.15, -0.1) is 0 Å². The summed E-state index contributed by atoms with van der Waals surface area (Å²) in [4.78, 5) is 28.1. The second-order valence-electron chi connectivity index (χ2n) is 8.66. The molecule has 2 heterocycles. The van der Waals surface area contributed by atoms with Gasteiger partial charge in [0.25, 0.3) is 5.91 Å². The van der Waals surface area contributed by atoms with Crippen LogP contribution in [-0.2, 0) is 9.53 Å². The largest absolute Gasteiger partial charge is 0.497 e. The Hall–Kier alpha value is -4.64. The topological polar surface area (TPSA) is 95.2 Å². The molecule has 0 saturated carbocycles. The maximum atomic E-state index is 14.1. The first-order chi connectivity index (χ1) is 17.5. The number of carbonyl (C=O) groups is 2. The molecular weight excluding hydrogens is 456 g/mol. The predicted octanol–water partition coefficient (Wildman–Crippen LogP) is 4.52. The lowest BCUT2D eigenvalue weighted by atomic mass is 9.91. The monoisotopic (exact) mass is 480 g/mol. The van der Waals surface area contributed by atoms with Gasteiger partial charge >= 0.3 is 6.09 Å². The molecule has 3 atom stereocenters. The average molecular weight is 481 g/mol. The van der Waals surface area contributed by atoms with Gasteiger partial charge in [-0.05, 0) is 47.5 Å². The SMILES string of the molecule is COc1ccc(N2N=C(c3ccc(C#N)cc3)[C@@H](C)[C@@H]2C(=O)N2C(=O)OC[C@@H]2c2ccccc2)cc1. The van der Waals surface area contributed by atoms with Crippen LogP contribution in [0.4, 0.5) is 10.5 Å². The lowest BCUT2D eigenvalue weighted by Crippen LogP contribution is -2.49. The van der Waals surface area contributed by atoms with Crippen LogP contribution in [0.15, 0.2) is 84.0 Å². The normalized spacial score (nSPS) is 21.1. The molecular formula is C28H24N4O4. The summed E-state index contributed by atoms with van der Waals surface area (Å²) in [5.74, 6) is -0.0585. The summed E-state index contributed by atoms with van der Waals surface area (Å²) in [6.07, 6.45) is -0.664. The summed E-state index contributed by atoms with van der Waals surface area (Å²) in [6.45, 7) is 2.02. The van der Waals surface area contributed by atoms with Gasteiger partial charge in [0.15, 0.2) is 0 Å². The molecule has 0 unspecified atom stereocenters. The first kappa shape index (κ1) is 23.1. The zero-order chi connectivity index (χ0) is 25.2. The number of rotatable bonds is 5. The van der Waals surface area contributed by atoms with Gasteiger partial charge in [-0.1, -0.05) is 49.4 Å². The van der Waals surface area contributed by atoms with E-state index >= 15 is 0 Å². The van der Waals surface area contributed by atoms with E-state index in [9.17, 15) is 9.59 Å². The van der Waals surface area contributed by atoms with Crippen molar-refractivity contribution in [1.29, 1.82) is 5.26 Å². The van der Waals surface area contributed by atoms with Gasteiger partial charge in [0.1, 0.15) is 24.4 Å². The second-order valence-corrected chi connectivity index (χ2v) is 8.66. The van der Waals surface area contributed by atoms with Crippen molar-refractivity contribution in [3.05, 3.63) is 95.6 Å². The van der Waals surface area contributed by atoms with Gasteiger partial charge in [-0.2, -0.15) is 10.4 Å². The summed E-state index contributed by atoms with van der Waals surface area (Å²) in [5.41, 5.74) is 3.55. The highest BCUT2D eigenvalue weighted by atomic mass is 16.6. The number of cyclic esters (lactones) is 1. The standard InChI is InChI=1S/C28H24N4O4/c1-18-25(21-10-8-19(16-29)9-11-21)30-32(22-12-14-23(35-2)15-13-22)26(18)27(33)31-24(17-36-28(31)34)20-6-4-3-5-7-20/h3-15,18,24,26H,17H2,1-2H3/t18-,24-,26-/m1/s1. The molecule has 3 aromatic rings. The number of methoxy groups -OCH3 is 1. The van der Waals surface area contributed by atoms with E-state index in [0.717, 1.165) is 11.1 Å². The van der Waals surface area contributed by atoms with Crippen molar-refractivity contribution in [1.82, 2.24) is 4.90 Å². The molecule has 0 bridgehead atoms. The molecule has 2 amide bonds. The minimum atomic E-state index is -0.777. The highest BCUT2D eigenvalue weighted by Gasteiger charge is 2.48. The third kappa shape index (κ3) is 4.05. The number of hydrogen-bond acceptors (Lipinski definition) is 7. The van der Waals surface area contributed by atoms with Crippen molar-refractivity contribution in [2.75, 3.05) is 18.7 Å². The van der Waals surface area contributed by atoms with E-state index in [-0.39, 0.29) is 18.4 Å². The Morgan fingerprint density at radius 3 is 2.39 bits per heavy atom. The van der Waals surface area contributed by atoms with Gasteiger partial charge in [-0.25, -0.2) is 9.69 Å². The molecule has 3 aromatic carbocycles. The highest BCUT2D eigenvalue weighted by Crippen LogP contribution is 2.36. The number of ether oxygens (including phenoxy) is 2. The quantitative estimate of drug-likeness (QED) is 0.533. The van der Waals surface area contributed by atoms with Crippen LogP contribution in [0.2, 0.25) is 0 Å². The van der Waals surface area contributed by atoms with Gasteiger partial charge in [0, 0.05) is 5.92 Å². The second kappa shape index (κ2) is 9.55. The van der Waals surface area contributed by atoms with Crippen LogP contribution in [0.3, 0.4) is 0 Å². The number of anilines is 1. The van der Waals surface area contributed by atoms with Crippen molar-refractivity contribution < 1.29 is 19.1 Å². The molecule has 0 aliphatic carbocycles. The molecule has 0 N–H and O–H groups in total. The summed E-state index contributed by atoms with van der Waals surface area (Å²) >= 11 is 0. The zero-order valence-electron chi connectivity index (χ0n) is 19.9. The van der Waals surface area contributed by atoms with E-state index < -0.39 is 18.2 Å². The fraction of sp³-hybridized carbons (Fsp3) is 0.214. The third-order valence-electron chi connectivity index (χ3n) is 6.58. The van der Waals surface area contributed by atoms with E-state index in [1.54, 1.807) is 36.4 Å². The summed E-state index contributed by atoms with van der Waals surface area (Å²) in [7, 11) is 1.59. The molecule has 1 saturated heterocycles. The Morgan fingerprint density at radius 2 is 1.75 bits per heavy atom. The molecule has 2 aliphatic heterocycles. The van der Waals surface area contributed by atoms with Crippen molar-refractivity contribution >= 4 is 23.4 Å².